The molecule has 0 bridgehead atoms. The normalized spacial score (nSPS) is 9.60. The molecule has 94 valence electrons. The van der Waals surface area contributed by atoms with Gasteiger partial charge in [0, 0.05) is 13.2 Å². The molecule has 0 saturated carbocycles. The minimum Gasteiger partial charge on any atom is -0.396 e. The fourth-order valence-corrected chi connectivity index (χ4v) is 1.11. The van der Waals surface area contributed by atoms with Gasteiger partial charge in [0.2, 0.25) is 0 Å². The highest BCUT2D eigenvalue weighted by Crippen LogP contribution is 2.06. The molecule has 15 heavy (non-hydrogen) atoms. The van der Waals surface area contributed by atoms with E-state index in [4.69, 9.17) is 20.4 Å². The average molecular weight is 222 g/mol. The maximum atomic E-state index is 8.47. The van der Waals surface area contributed by atoms with E-state index in [1.54, 1.807) is 0 Å². The molecule has 0 aromatic carbocycles. The zero-order valence-corrected chi connectivity index (χ0v) is 9.57. The van der Waals surface area contributed by atoms with Crippen LogP contribution in [0.2, 0.25) is 0 Å². The molecule has 0 unspecified atom stereocenters. The Bertz CT molecular complexity index is 78.7. The van der Waals surface area contributed by atoms with E-state index in [1.165, 1.54) is 19.3 Å². The van der Waals surface area contributed by atoms with E-state index in [2.05, 4.69) is 0 Å². The van der Waals surface area contributed by atoms with Crippen molar-refractivity contribution in [2.24, 2.45) is 0 Å². The molecule has 0 aliphatic heterocycles. The lowest BCUT2D eigenvalue weighted by molar-refractivity contribution is 0.186. The van der Waals surface area contributed by atoms with Crippen LogP contribution in [0, 0.1) is 0 Å². The first kappa shape index (κ1) is 17.2. The topological polar surface area (TPSA) is 80.9 Å². The minimum atomic E-state index is -0.125. The molecular weight excluding hydrogens is 196 g/mol. The quantitative estimate of drug-likeness (QED) is 0.432. The summed E-state index contributed by atoms with van der Waals surface area (Å²) in [6.45, 7) is 0.410. The van der Waals surface area contributed by atoms with E-state index in [0.717, 1.165) is 25.7 Å². The molecule has 0 aliphatic carbocycles. The molecule has 0 saturated heterocycles. The van der Waals surface area contributed by atoms with Crippen LogP contribution in [0.3, 0.4) is 0 Å². The Balaban J connectivity index is 0. The van der Waals surface area contributed by atoms with E-state index in [9.17, 15) is 0 Å². The van der Waals surface area contributed by atoms with Crippen LogP contribution < -0.4 is 0 Å². The van der Waals surface area contributed by atoms with Gasteiger partial charge in [0.25, 0.3) is 0 Å². The van der Waals surface area contributed by atoms with Gasteiger partial charge >= 0.3 is 0 Å². The second-order valence-corrected chi connectivity index (χ2v) is 3.37. The molecule has 4 nitrogen and oxygen atoms in total. The third kappa shape index (κ3) is 24.8. The summed E-state index contributed by atoms with van der Waals surface area (Å²) in [4.78, 5) is 0. The summed E-state index contributed by atoms with van der Waals surface area (Å²) in [5.74, 6) is 0. The van der Waals surface area contributed by atoms with E-state index in [0.29, 0.717) is 13.2 Å². The first-order valence-electron chi connectivity index (χ1n) is 5.76. The summed E-state index contributed by atoms with van der Waals surface area (Å²) in [6, 6.07) is 0. The van der Waals surface area contributed by atoms with Crippen LogP contribution >= 0.6 is 0 Å². The van der Waals surface area contributed by atoms with Gasteiger partial charge in [-0.3, -0.25) is 0 Å². The standard InChI is InChI=1S/C9H20O2.C2H6O2/c10-8-6-4-2-1-3-5-7-9-11;3-1-2-4/h10-11H,1-9H2;3-4H,1-2H2. The highest BCUT2D eigenvalue weighted by molar-refractivity contribution is 4.44. The smallest absolute Gasteiger partial charge is 0.0662 e. The molecule has 0 rings (SSSR count). The van der Waals surface area contributed by atoms with Gasteiger partial charge in [-0.2, -0.15) is 0 Å². The molecule has 0 spiro atoms. The van der Waals surface area contributed by atoms with Gasteiger partial charge in [0.05, 0.1) is 13.2 Å². The lowest BCUT2D eigenvalue weighted by Gasteiger charge is -1.98. The molecule has 0 radical (unpaired) electrons. The summed E-state index contributed by atoms with van der Waals surface area (Å²) in [5, 5.41) is 32.2. The van der Waals surface area contributed by atoms with Gasteiger partial charge in [-0.05, 0) is 12.8 Å². The Hall–Kier alpha value is -0.160. The van der Waals surface area contributed by atoms with Crippen LogP contribution in [0.5, 0.6) is 0 Å². The van der Waals surface area contributed by atoms with Crippen LogP contribution in [-0.4, -0.2) is 46.9 Å². The van der Waals surface area contributed by atoms with Crippen molar-refractivity contribution in [2.45, 2.75) is 44.9 Å². The monoisotopic (exact) mass is 222 g/mol. The van der Waals surface area contributed by atoms with Gasteiger partial charge in [-0.1, -0.05) is 32.1 Å². The molecular formula is C11H26O4. The third-order valence-corrected chi connectivity index (χ3v) is 1.92. The first-order valence-corrected chi connectivity index (χ1v) is 5.76. The van der Waals surface area contributed by atoms with Crippen molar-refractivity contribution < 1.29 is 20.4 Å². The zero-order valence-electron chi connectivity index (χ0n) is 9.57. The van der Waals surface area contributed by atoms with Gasteiger partial charge in [0.1, 0.15) is 0 Å². The molecule has 0 aromatic heterocycles. The van der Waals surface area contributed by atoms with Gasteiger partial charge < -0.3 is 20.4 Å². The van der Waals surface area contributed by atoms with E-state index in [1.807, 2.05) is 0 Å². The summed E-state index contributed by atoms with van der Waals surface area (Å²) in [6.07, 6.45) is 7.89. The molecule has 0 aromatic rings. The van der Waals surface area contributed by atoms with Gasteiger partial charge in [-0.25, -0.2) is 0 Å². The fraction of sp³-hybridized carbons (Fsp3) is 1.00. The minimum absolute atomic E-state index is 0.125. The summed E-state index contributed by atoms with van der Waals surface area (Å²) in [7, 11) is 0. The molecule has 4 heteroatoms. The molecule has 4 N–H and O–H groups in total. The van der Waals surface area contributed by atoms with Gasteiger partial charge in [0.15, 0.2) is 0 Å². The van der Waals surface area contributed by atoms with Crippen molar-refractivity contribution in [3.63, 3.8) is 0 Å². The average Bonchev–Trinajstić information content (AvgIpc) is 2.28. The van der Waals surface area contributed by atoms with E-state index < -0.39 is 0 Å². The predicted octanol–water partition coefficient (Wildman–Crippen LogP) is 0.673. The van der Waals surface area contributed by atoms with Gasteiger partial charge in [-0.15, -0.1) is 0 Å². The largest absolute Gasteiger partial charge is 0.396 e. The summed E-state index contributed by atoms with van der Waals surface area (Å²) < 4.78 is 0. The number of hydrogen-bond acceptors (Lipinski definition) is 4. The van der Waals surface area contributed by atoms with Crippen LogP contribution in [0.4, 0.5) is 0 Å². The number of hydrogen-bond donors (Lipinski definition) is 4. The summed E-state index contributed by atoms with van der Waals surface area (Å²) >= 11 is 0. The number of rotatable bonds is 9. The fourth-order valence-electron chi connectivity index (χ4n) is 1.11. The zero-order chi connectivity index (χ0) is 11.8. The second-order valence-electron chi connectivity index (χ2n) is 3.37. The molecule has 0 aliphatic rings. The van der Waals surface area contributed by atoms with Crippen molar-refractivity contribution in [2.75, 3.05) is 26.4 Å². The third-order valence-electron chi connectivity index (χ3n) is 1.92. The van der Waals surface area contributed by atoms with Crippen molar-refractivity contribution >= 4 is 0 Å². The molecule has 0 amide bonds. The Kier molecular flexibility index (Phi) is 22.3. The summed E-state index contributed by atoms with van der Waals surface area (Å²) in [5.41, 5.74) is 0. The first-order chi connectivity index (χ1) is 7.33. The molecule has 0 fully saturated rings. The molecule has 0 atom stereocenters. The van der Waals surface area contributed by atoms with Crippen LogP contribution in [0.25, 0.3) is 0 Å². The Labute approximate surface area is 92.6 Å². The van der Waals surface area contributed by atoms with E-state index >= 15 is 0 Å². The van der Waals surface area contributed by atoms with Crippen molar-refractivity contribution in [3.05, 3.63) is 0 Å². The lowest BCUT2D eigenvalue weighted by Crippen LogP contribution is -1.85. The number of aliphatic hydroxyl groups is 4. The highest BCUT2D eigenvalue weighted by Gasteiger charge is 1.89. The van der Waals surface area contributed by atoms with Crippen LogP contribution in [-0.2, 0) is 0 Å². The highest BCUT2D eigenvalue weighted by atomic mass is 16.3. The van der Waals surface area contributed by atoms with Crippen molar-refractivity contribution in [1.82, 2.24) is 0 Å². The van der Waals surface area contributed by atoms with Crippen LogP contribution in [0.1, 0.15) is 44.9 Å². The van der Waals surface area contributed by atoms with Crippen LogP contribution in [0.15, 0.2) is 0 Å². The Morgan fingerprint density at radius 3 is 0.800 bits per heavy atom. The SMILES string of the molecule is OCCCCCCCCCO.OCCO. The number of unbranched alkanes of at least 4 members (excludes halogenated alkanes) is 6. The molecule has 0 heterocycles. The van der Waals surface area contributed by atoms with Crippen molar-refractivity contribution in [1.29, 1.82) is 0 Å². The maximum absolute atomic E-state index is 8.47. The Morgan fingerprint density at radius 2 is 0.600 bits per heavy atom. The van der Waals surface area contributed by atoms with E-state index in [-0.39, 0.29) is 13.2 Å². The Morgan fingerprint density at radius 1 is 0.333 bits per heavy atom. The lowest BCUT2D eigenvalue weighted by atomic mass is 10.1. The number of aliphatic hydroxyl groups excluding tert-OH is 4. The maximum Gasteiger partial charge on any atom is 0.0662 e. The predicted molar refractivity (Wildman–Crippen MR) is 60.7 cm³/mol. The van der Waals surface area contributed by atoms with Crippen molar-refractivity contribution in [3.8, 4) is 0 Å². The second kappa shape index (κ2) is 19.4.